The SMILES string of the molecule is Cc1ccc(-c2ccc(CN3CCC(O)=C(C(=O)NCC(=O)O)C3=O)cc2)s1. The van der Waals surface area contributed by atoms with Crippen molar-refractivity contribution >= 4 is 29.1 Å². The number of aliphatic carboxylic acids is 1. The number of hydrogen-bond acceptors (Lipinski definition) is 5. The van der Waals surface area contributed by atoms with Gasteiger partial charge in [-0.05, 0) is 30.2 Å². The Morgan fingerprint density at radius 3 is 2.50 bits per heavy atom. The average Bonchev–Trinajstić information content (AvgIpc) is 3.09. The third-order valence-corrected chi connectivity index (χ3v) is 5.44. The smallest absolute Gasteiger partial charge is 0.322 e. The minimum Gasteiger partial charge on any atom is -0.511 e. The van der Waals surface area contributed by atoms with E-state index in [-0.39, 0.29) is 18.7 Å². The van der Waals surface area contributed by atoms with Crippen LogP contribution >= 0.6 is 11.3 Å². The van der Waals surface area contributed by atoms with Crippen LogP contribution in [0.1, 0.15) is 16.9 Å². The maximum absolute atomic E-state index is 12.6. The summed E-state index contributed by atoms with van der Waals surface area (Å²) in [7, 11) is 0. The Labute approximate surface area is 165 Å². The van der Waals surface area contributed by atoms with Crippen LogP contribution in [0.3, 0.4) is 0 Å². The van der Waals surface area contributed by atoms with Crippen molar-refractivity contribution in [2.24, 2.45) is 0 Å². The van der Waals surface area contributed by atoms with Crippen molar-refractivity contribution < 1.29 is 24.6 Å². The van der Waals surface area contributed by atoms with Gasteiger partial charge in [0.05, 0.1) is 0 Å². The molecule has 0 aliphatic carbocycles. The van der Waals surface area contributed by atoms with Gasteiger partial charge in [0.1, 0.15) is 17.9 Å². The fourth-order valence-electron chi connectivity index (χ4n) is 2.96. The number of nitrogens with one attached hydrogen (secondary N) is 1. The molecule has 28 heavy (non-hydrogen) atoms. The third-order valence-electron chi connectivity index (χ3n) is 4.39. The highest BCUT2D eigenvalue weighted by Gasteiger charge is 2.32. The number of carbonyl (C=O) groups excluding carboxylic acids is 2. The summed E-state index contributed by atoms with van der Waals surface area (Å²) in [6.07, 6.45) is 0.147. The van der Waals surface area contributed by atoms with E-state index in [4.69, 9.17) is 5.11 Å². The quantitative estimate of drug-likeness (QED) is 0.646. The molecule has 0 atom stereocenters. The molecule has 3 N–H and O–H groups in total. The van der Waals surface area contributed by atoms with E-state index >= 15 is 0 Å². The van der Waals surface area contributed by atoms with Crippen LogP contribution in [0.15, 0.2) is 47.7 Å². The van der Waals surface area contributed by atoms with Crippen LogP contribution in [0.4, 0.5) is 0 Å². The predicted octanol–water partition coefficient (Wildman–Crippen LogP) is 2.47. The number of thiophene rings is 1. The van der Waals surface area contributed by atoms with E-state index in [2.05, 4.69) is 24.4 Å². The van der Waals surface area contributed by atoms with Crippen molar-refractivity contribution in [1.29, 1.82) is 0 Å². The number of nitrogens with zero attached hydrogens (tertiary/aromatic N) is 1. The Morgan fingerprint density at radius 1 is 1.18 bits per heavy atom. The number of carboxylic acid groups (broad SMARTS) is 1. The van der Waals surface area contributed by atoms with Crippen molar-refractivity contribution in [3.63, 3.8) is 0 Å². The molecular formula is C20H20N2O5S. The summed E-state index contributed by atoms with van der Waals surface area (Å²) in [6.45, 7) is 2.02. The Bertz CT molecular complexity index is 946. The molecule has 1 aliphatic heterocycles. The second-order valence-electron chi connectivity index (χ2n) is 6.48. The third kappa shape index (κ3) is 4.40. The first-order valence-corrected chi connectivity index (χ1v) is 9.54. The summed E-state index contributed by atoms with van der Waals surface area (Å²) in [5, 5.41) is 20.7. The summed E-state index contributed by atoms with van der Waals surface area (Å²) < 4.78 is 0. The zero-order chi connectivity index (χ0) is 20.3. The molecule has 1 aromatic carbocycles. The number of amides is 2. The van der Waals surface area contributed by atoms with Gasteiger partial charge >= 0.3 is 5.97 Å². The van der Waals surface area contributed by atoms with Gasteiger partial charge in [-0.1, -0.05) is 24.3 Å². The van der Waals surface area contributed by atoms with Crippen molar-refractivity contribution in [1.82, 2.24) is 10.2 Å². The van der Waals surface area contributed by atoms with Crippen LogP contribution in [0.2, 0.25) is 0 Å². The van der Waals surface area contributed by atoms with E-state index in [0.29, 0.717) is 6.54 Å². The number of aryl methyl sites for hydroxylation is 1. The molecule has 0 unspecified atom stereocenters. The molecule has 0 saturated carbocycles. The molecular weight excluding hydrogens is 380 g/mol. The van der Waals surface area contributed by atoms with Gasteiger partial charge in [-0.25, -0.2) is 0 Å². The lowest BCUT2D eigenvalue weighted by Crippen LogP contribution is -2.43. The number of hydrogen-bond donors (Lipinski definition) is 3. The van der Waals surface area contributed by atoms with Gasteiger partial charge in [0.15, 0.2) is 0 Å². The lowest BCUT2D eigenvalue weighted by atomic mass is 10.0. The molecule has 146 valence electrons. The Balaban J connectivity index is 1.70. The molecule has 2 aromatic rings. The summed E-state index contributed by atoms with van der Waals surface area (Å²) in [5.41, 5.74) is 1.60. The lowest BCUT2D eigenvalue weighted by molar-refractivity contribution is -0.138. The normalized spacial score (nSPS) is 14.3. The standard InChI is InChI=1S/C20H20N2O5S/c1-12-2-7-16(28-12)14-5-3-13(4-6-14)11-22-9-8-15(23)18(20(22)27)19(26)21-10-17(24)25/h2-7,23H,8-11H2,1H3,(H,21,26)(H,24,25). The van der Waals surface area contributed by atoms with Gasteiger partial charge < -0.3 is 20.4 Å². The van der Waals surface area contributed by atoms with Crippen LogP contribution in [-0.2, 0) is 20.9 Å². The van der Waals surface area contributed by atoms with Gasteiger partial charge in [-0.3, -0.25) is 14.4 Å². The molecule has 7 nitrogen and oxygen atoms in total. The number of aliphatic hydroxyl groups is 1. The van der Waals surface area contributed by atoms with Gasteiger partial charge in [-0.15, -0.1) is 11.3 Å². The number of benzene rings is 1. The van der Waals surface area contributed by atoms with Crippen LogP contribution in [0.25, 0.3) is 10.4 Å². The first kappa shape index (κ1) is 19.6. The number of carbonyl (C=O) groups is 3. The summed E-state index contributed by atoms with van der Waals surface area (Å²) in [6, 6.07) is 12.0. The van der Waals surface area contributed by atoms with Crippen molar-refractivity contribution in [2.45, 2.75) is 19.9 Å². The molecule has 2 heterocycles. The highest BCUT2D eigenvalue weighted by atomic mass is 32.1. The zero-order valence-electron chi connectivity index (χ0n) is 15.3. The van der Waals surface area contributed by atoms with E-state index in [1.165, 1.54) is 14.7 Å². The van der Waals surface area contributed by atoms with Crippen molar-refractivity contribution in [3.8, 4) is 10.4 Å². The molecule has 0 saturated heterocycles. The predicted molar refractivity (Wildman–Crippen MR) is 105 cm³/mol. The minimum atomic E-state index is -1.23. The van der Waals surface area contributed by atoms with E-state index in [1.54, 1.807) is 11.3 Å². The lowest BCUT2D eigenvalue weighted by Gasteiger charge is -2.28. The molecule has 1 aromatic heterocycles. The fraction of sp³-hybridized carbons (Fsp3) is 0.250. The molecule has 0 spiro atoms. The topological polar surface area (TPSA) is 107 Å². The molecule has 3 rings (SSSR count). The van der Waals surface area contributed by atoms with Crippen molar-refractivity contribution in [2.75, 3.05) is 13.1 Å². The van der Waals surface area contributed by atoms with E-state index < -0.39 is 29.9 Å². The minimum absolute atomic E-state index is 0.147. The second kappa shape index (κ2) is 8.26. The van der Waals surface area contributed by atoms with Gasteiger partial charge in [0.2, 0.25) is 0 Å². The average molecular weight is 400 g/mol. The summed E-state index contributed by atoms with van der Waals surface area (Å²) in [4.78, 5) is 39.2. The highest BCUT2D eigenvalue weighted by molar-refractivity contribution is 7.15. The van der Waals surface area contributed by atoms with E-state index in [0.717, 1.165) is 11.1 Å². The molecule has 0 fully saturated rings. The zero-order valence-corrected chi connectivity index (χ0v) is 16.1. The summed E-state index contributed by atoms with van der Waals surface area (Å²) in [5.74, 6) is -3.02. The first-order valence-electron chi connectivity index (χ1n) is 8.72. The Kier molecular flexibility index (Phi) is 5.79. The molecule has 2 amide bonds. The van der Waals surface area contributed by atoms with Crippen LogP contribution in [-0.4, -0.2) is 46.0 Å². The van der Waals surface area contributed by atoms with Gasteiger partial charge in [0, 0.05) is 29.3 Å². The molecule has 0 radical (unpaired) electrons. The van der Waals surface area contributed by atoms with E-state index in [1.807, 2.05) is 24.3 Å². The number of carboxylic acids is 1. The van der Waals surface area contributed by atoms with Gasteiger partial charge in [-0.2, -0.15) is 0 Å². The van der Waals surface area contributed by atoms with Crippen LogP contribution < -0.4 is 5.32 Å². The maximum Gasteiger partial charge on any atom is 0.322 e. The summed E-state index contributed by atoms with van der Waals surface area (Å²) >= 11 is 1.71. The fourth-order valence-corrected chi connectivity index (χ4v) is 3.83. The Morgan fingerprint density at radius 2 is 1.89 bits per heavy atom. The van der Waals surface area contributed by atoms with E-state index in [9.17, 15) is 19.5 Å². The second-order valence-corrected chi connectivity index (χ2v) is 7.77. The van der Waals surface area contributed by atoms with Crippen LogP contribution in [0, 0.1) is 6.92 Å². The number of rotatable bonds is 6. The highest BCUT2D eigenvalue weighted by Crippen LogP contribution is 2.28. The Hall–Kier alpha value is -3.13. The number of aliphatic hydroxyl groups excluding tert-OH is 1. The molecule has 8 heteroatoms. The molecule has 0 bridgehead atoms. The maximum atomic E-state index is 12.6. The monoisotopic (exact) mass is 400 g/mol. The largest absolute Gasteiger partial charge is 0.511 e. The van der Waals surface area contributed by atoms with Gasteiger partial charge in [0.25, 0.3) is 11.8 Å². The molecule has 1 aliphatic rings. The first-order chi connectivity index (χ1) is 13.3. The van der Waals surface area contributed by atoms with Crippen molar-refractivity contribution in [3.05, 3.63) is 58.2 Å². The van der Waals surface area contributed by atoms with Crippen LogP contribution in [0.5, 0.6) is 0 Å².